The number of amides is 1. The summed E-state index contributed by atoms with van der Waals surface area (Å²) >= 11 is 0. The molecule has 1 rings (SSSR count). The number of rotatable bonds is 6. The van der Waals surface area contributed by atoms with Crippen LogP contribution < -0.4 is 11.1 Å². The van der Waals surface area contributed by atoms with E-state index in [0.717, 1.165) is 19.1 Å². The van der Waals surface area contributed by atoms with Crippen LogP contribution in [-0.4, -0.2) is 38.4 Å². The monoisotopic (exact) mass is 276 g/mol. The highest BCUT2D eigenvalue weighted by atomic mass is 32.2. The van der Waals surface area contributed by atoms with Crippen molar-refractivity contribution in [2.45, 2.75) is 51.1 Å². The van der Waals surface area contributed by atoms with Gasteiger partial charge in [0, 0.05) is 12.3 Å². The summed E-state index contributed by atoms with van der Waals surface area (Å²) in [6, 6.07) is -0.604. The number of nitrogens with one attached hydrogen (secondary N) is 1. The summed E-state index contributed by atoms with van der Waals surface area (Å²) in [5, 5.41) is 2.90. The molecule has 0 spiro atoms. The molecule has 0 heterocycles. The molecule has 1 fully saturated rings. The lowest BCUT2D eigenvalue weighted by atomic mass is 9.99. The van der Waals surface area contributed by atoms with E-state index >= 15 is 0 Å². The normalized spacial score (nSPS) is 20.6. The summed E-state index contributed by atoms with van der Waals surface area (Å²) in [6.45, 7) is 2.00. The molecule has 3 N–H and O–H groups in total. The van der Waals surface area contributed by atoms with E-state index in [0.29, 0.717) is 5.92 Å². The van der Waals surface area contributed by atoms with Gasteiger partial charge in [-0.05, 0) is 32.1 Å². The lowest BCUT2D eigenvalue weighted by Gasteiger charge is -2.22. The van der Waals surface area contributed by atoms with Crippen LogP contribution in [0.3, 0.4) is 0 Å². The van der Waals surface area contributed by atoms with Gasteiger partial charge in [-0.25, -0.2) is 8.42 Å². The highest BCUT2D eigenvalue weighted by Gasteiger charge is 2.24. The Hall–Kier alpha value is -0.620. The molecule has 0 aromatic carbocycles. The predicted octanol–water partition coefficient (Wildman–Crippen LogP) is 0.443. The number of carbonyl (C=O) groups is 1. The number of nitrogens with two attached hydrogens (primary N) is 1. The van der Waals surface area contributed by atoms with Gasteiger partial charge in [0.2, 0.25) is 5.91 Å². The number of hydrogen-bond acceptors (Lipinski definition) is 4. The highest BCUT2D eigenvalue weighted by molar-refractivity contribution is 7.90. The van der Waals surface area contributed by atoms with Gasteiger partial charge in [0.15, 0.2) is 0 Å². The van der Waals surface area contributed by atoms with Crippen LogP contribution in [0.25, 0.3) is 0 Å². The van der Waals surface area contributed by atoms with Crippen LogP contribution in [0.1, 0.15) is 39.0 Å². The second-order valence-electron chi connectivity index (χ2n) is 5.37. The van der Waals surface area contributed by atoms with E-state index in [1.807, 2.05) is 6.92 Å². The molecular weight excluding hydrogens is 252 g/mol. The third-order valence-electron chi connectivity index (χ3n) is 3.61. The molecule has 0 bridgehead atoms. The number of hydrogen-bond donors (Lipinski definition) is 2. The maximum Gasteiger partial charge on any atom is 0.237 e. The fourth-order valence-corrected chi connectivity index (χ4v) is 3.06. The van der Waals surface area contributed by atoms with Crippen molar-refractivity contribution in [2.24, 2.45) is 11.7 Å². The van der Waals surface area contributed by atoms with Gasteiger partial charge in [-0.2, -0.15) is 0 Å². The highest BCUT2D eigenvalue weighted by Crippen LogP contribution is 2.27. The van der Waals surface area contributed by atoms with Crippen LogP contribution in [0.5, 0.6) is 0 Å². The van der Waals surface area contributed by atoms with Crippen LogP contribution in [0, 0.1) is 5.92 Å². The molecule has 1 amide bonds. The van der Waals surface area contributed by atoms with E-state index < -0.39 is 15.9 Å². The Kier molecular flexibility index (Phi) is 5.59. The van der Waals surface area contributed by atoms with Gasteiger partial charge < -0.3 is 11.1 Å². The van der Waals surface area contributed by atoms with Gasteiger partial charge >= 0.3 is 0 Å². The zero-order valence-electron chi connectivity index (χ0n) is 11.2. The minimum absolute atomic E-state index is 0.0423. The first kappa shape index (κ1) is 15.4. The van der Waals surface area contributed by atoms with E-state index in [1.54, 1.807) is 0 Å². The van der Waals surface area contributed by atoms with Crippen LogP contribution >= 0.6 is 0 Å². The Morgan fingerprint density at radius 1 is 1.39 bits per heavy atom. The standard InChI is InChI=1S/C12H24N2O3S/c1-9(10-5-3-4-6-10)14-12(15)11(13)7-8-18(2,16)17/h9-11H,3-8,13H2,1-2H3,(H,14,15)/t9-,11?/m0/s1. The Labute approximate surface area is 109 Å². The van der Waals surface area contributed by atoms with Crippen molar-refractivity contribution in [3.8, 4) is 0 Å². The van der Waals surface area contributed by atoms with Gasteiger partial charge in [0.1, 0.15) is 9.84 Å². The second-order valence-corrected chi connectivity index (χ2v) is 7.63. The topological polar surface area (TPSA) is 89.3 Å². The molecule has 2 atom stereocenters. The molecule has 1 aliphatic rings. The first-order valence-corrected chi connectivity index (χ1v) is 8.59. The first-order valence-electron chi connectivity index (χ1n) is 6.53. The minimum Gasteiger partial charge on any atom is -0.352 e. The first-order chi connectivity index (χ1) is 8.29. The summed E-state index contributed by atoms with van der Waals surface area (Å²) in [4.78, 5) is 11.8. The number of carbonyl (C=O) groups excluding carboxylic acids is 1. The smallest absolute Gasteiger partial charge is 0.237 e. The van der Waals surface area contributed by atoms with Gasteiger partial charge in [0.25, 0.3) is 0 Å². The van der Waals surface area contributed by atoms with Crippen LogP contribution in [-0.2, 0) is 14.6 Å². The third kappa shape index (κ3) is 5.35. The van der Waals surface area contributed by atoms with Gasteiger partial charge in [-0.1, -0.05) is 12.8 Å². The molecule has 6 heteroatoms. The van der Waals surface area contributed by atoms with Crippen molar-refractivity contribution in [3.63, 3.8) is 0 Å². The lowest BCUT2D eigenvalue weighted by Crippen LogP contribution is -2.47. The quantitative estimate of drug-likeness (QED) is 0.737. The summed E-state index contributed by atoms with van der Waals surface area (Å²) in [6.07, 6.45) is 6.09. The molecule has 18 heavy (non-hydrogen) atoms. The third-order valence-corrected chi connectivity index (χ3v) is 4.59. The molecule has 106 valence electrons. The van der Waals surface area contributed by atoms with Crippen LogP contribution in [0.15, 0.2) is 0 Å². The van der Waals surface area contributed by atoms with E-state index in [9.17, 15) is 13.2 Å². The van der Waals surface area contributed by atoms with E-state index in [-0.39, 0.29) is 24.1 Å². The summed E-state index contributed by atoms with van der Waals surface area (Å²) in [7, 11) is -3.06. The van der Waals surface area contributed by atoms with Crippen molar-refractivity contribution in [3.05, 3.63) is 0 Å². The fraction of sp³-hybridized carbons (Fsp3) is 0.917. The van der Waals surface area contributed by atoms with Crippen LogP contribution in [0.4, 0.5) is 0 Å². The average Bonchev–Trinajstić information content (AvgIpc) is 2.77. The Bertz CT molecular complexity index is 375. The maximum atomic E-state index is 11.8. The second kappa shape index (κ2) is 6.52. The predicted molar refractivity (Wildman–Crippen MR) is 71.9 cm³/mol. The summed E-state index contributed by atoms with van der Waals surface area (Å²) < 4.78 is 22.0. The van der Waals surface area contributed by atoms with Crippen molar-refractivity contribution in [1.29, 1.82) is 0 Å². The Balaban J connectivity index is 2.34. The van der Waals surface area contributed by atoms with Gasteiger partial charge in [0.05, 0.1) is 11.8 Å². The van der Waals surface area contributed by atoms with E-state index in [1.165, 1.54) is 12.8 Å². The molecule has 0 aromatic rings. The Morgan fingerprint density at radius 3 is 2.44 bits per heavy atom. The Morgan fingerprint density at radius 2 is 1.94 bits per heavy atom. The molecule has 1 saturated carbocycles. The van der Waals surface area contributed by atoms with Gasteiger partial charge in [-0.15, -0.1) is 0 Å². The molecule has 1 unspecified atom stereocenters. The molecular formula is C12H24N2O3S. The fourth-order valence-electron chi connectivity index (χ4n) is 2.38. The summed E-state index contributed by atoms with van der Waals surface area (Å²) in [5.41, 5.74) is 5.69. The molecule has 1 aliphatic carbocycles. The van der Waals surface area contributed by atoms with E-state index in [2.05, 4.69) is 5.32 Å². The minimum atomic E-state index is -3.06. The number of sulfone groups is 1. The molecule has 0 aromatic heterocycles. The zero-order valence-corrected chi connectivity index (χ0v) is 12.0. The maximum absolute atomic E-state index is 11.8. The molecule has 5 nitrogen and oxygen atoms in total. The van der Waals surface area contributed by atoms with Crippen molar-refractivity contribution in [2.75, 3.05) is 12.0 Å². The SMILES string of the molecule is C[C@H](NC(=O)C(N)CCS(C)(=O)=O)C1CCCC1. The van der Waals surface area contributed by atoms with Crippen molar-refractivity contribution < 1.29 is 13.2 Å². The zero-order chi connectivity index (χ0) is 13.8. The molecule has 0 radical (unpaired) electrons. The molecule has 0 aliphatic heterocycles. The lowest BCUT2D eigenvalue weighted by molar-refractivity contribution is -0.123. The van der Waals surface area contributed by atoms with Crippen molar-refractivity contribution >= 4 is 15.7 Å². The summed E-state index contributed by atoms with van der Waals surface area (Å²) in [5.74, 6) is 0.258. The average molecular weight is 276 g/mol. The largest absolute Gasteiger partial charge is 0.352 e. The van der Waals surface area contributed by atoms with Crippen LogP contribution in [0.2, 0.25) is 0 Å². The van der Waals surface area contributed by atoms with Crippen molar-refractivity contribution in [1.82, 2.24) is 5.32 Å². The van der Waals surface area contributed by atoms with E-state index in [4.69, 9.17) is 5.73 Å². The molecule has 0 saturated heterocycles. The van der Waals surface area contributed by atoms with Gasteiger partial charge in [-0.3, -0.25) is 4.79 Å².